The summed E-state index contributed by atoms with van der Waals surface area (Å²) in [4.78, 5) is 7.83. The van der Waals surface area contributed by atoms with Crippen LogP contribution in [0.5, 0.6) is 0 Å². The van der Waals surface area contributed by atoms with E-state index in [2.05, 4.69) is 51.9 Å². The normalized spacial score (nSPS) is 15.3. The molecule has 1 aromatic carbocycles. The summed E-state index contributed by atoms with van der Waals surface area (Å²) in [5, 5.41) is 17.9. The Balaban J connectivity index is 0.00000280. The van der Waals surface area contributed by atoms with Crippen molar-refractivity contribution in [3.05, 3.63) is 35.5 Å². The van der Waals surface area contributed by atoms with Gasteiger partial charge >= 0.3 is 0 Å². The third kappa shape index (κ3) is 6.93. The van der Waals surface area contributed by atoms with Gasteiger partial charge in [0.1, 0.15) is 0 Å². The molecule has 1 aromatic heterocycles. The van der Waals surface area contributed by atoms with Crippen molar-refractivity contribution in [2.24, 2.45) is 10.9 Å². The number of halogens is 1. The number of nitrogens with zero attached hydrogens (tertiary/aromatic N) is 1. The molecule has 0 bridgehead atoms. The van der Waals surface area contributed by atoms with Gasteiger partial charge < -0.3 is 25.5 Å². The van der Waals surface area contributed by atoms with E-state index in [9.17, 15) is 5.11 Å². The third-order valence-corrected chi connectivity index (χ3v) is 4.85. The summed E-state index contributed by atoms with van der Waals surface area (Å²) in [5.41, 5.74) is 3.78. The smallest absolute Gasteiger partial charge is 0.191 e. The first-order valence-corrected chi connectivity index (χ1v) is 10.0. The molecule has 6 nitrogen and oxygen atoms in total. The first kappa shape index (κ1) is 23.0. The van der Waals surface area contributed by atoms with Crippen LogP contribution in [0.1, 0.15) is 30.9 Å². The van der Waals surface area contributed by atoms with E-state index in [1.165, 1.54) is 34.9 Å². The van der Waals surface area contributed by atoms with Crippen LogP contribution in [-0.2, 0) is 11.2 Å². The fourth-order valence-corrected chi connectivity index (χ4v) is 3.21. The molecule has 0 radical (unpaired) electrons. The Kier molecular flexibility index (Phi) is 9.53. The highest BCUT2D eigenvalue weighted by Crippen LogP contribution is 2.28. The monoisotopic (exact) mass is 500 g/mol. The second-order valence-electron chi connectivity index (χ2n) is 7.34. The number of benzene rings is 1. The number of hydrogen-bond donors (Lipinski definition) is 4. The number of aliphatic hydroxyl groups excluding tert-OH is 1. The number of aliphatic hydroxyl groups is 1. The number of rotatable bonds is 10. The molecule has 1 saturated carbocycles. The summed E-state index contributed by atoms with van der Waals surface area (Å²) < 4.78 is 5.53. The SMILES string of the molecule is CCNC(=NCC(O)COCC1CC1)NCCc1c[nH]c2cccc(C)c12.I. The van der Waals surface area contributed by atoms with Gasteiger partial charge in [-0.05, 0) is 56.2 Å². The average Bonchev–Trinajstić information content (AvgIpc) is 3.38. The fourth-order valence-electron chi connectivity index (χ4n) is 3.21. The van der Waals surface area contributed by atoms with Gasteiger partial charge in [0.2, 0.25) is 0 Å². The van der Waals surface area contributed by atoms with Crippen molar-refractivity contribution in [2.45, 2.75) is 39.2 Å². The highest BCUT2D eigenvalue weighted by atomic mass is 127. The molecule has 0 amide bonds. The molecule has 1 unspecified atom stereocenters. The van der Waals surface area contributed by atoms with Crippen molar-refractivity contribution in [1.29, 1.82) is 0 Å². The molecule has 1 atom stereocenters. The van der Waals surface area contributed by atoms with Crippen LogP contribution >= 0.6 is 24.0 Å². The zero-order chi connectivity index (χ0) is 19.1. The van der Waals surface area contributed by atoms with Crippen molar-refractivity contribution in [3.63, 3.8) is 0 Å². The number of aromatic amines is 1. The molecule has 1 fully saturated rings. The largest absolute Gasteiger partial charge is 0.389 e. The summed E-state index contributed by atoms with van der Waals surface area (Å²) in [7, 11) is 0. The maximum Gasteiger partial charge on any atom is 0.191 e. The number of aryl methyl sites for hydroxylation is 1. The van der Waals surface area contributed by atoms with E-state index >= 15 is 0 Å². The minimum absolute atomic E-state index is 0. The first-order valence-electron chi connectivity index (χ1n) is 10.0. The molecule has 0 spiro atoms. The van der Waals surface area contributed by atoms with Crippen LogP contribution in [-0.4, -0.2) is 55.0 Å². The van der Waals surface area contributed by atoms with Crippen LogP contribution < -0.4 is 10.6 Å². The lowest BCUT2D eigenvalue weighted by atomic mass is 10.1. The number of aliphatic imine (C=N–C) groups is 1. The van der Waals surface area contributed by atoms with Gasteiger partial charge in [0, 0.05) is 36.8 Å². The van der Waals surface area contributed by atoms with E-state index in [1.807, 2.05) is 6.92 Å². The Bertz CT molecular complexity index is 758. The van der Waals surface area contributed by atoms with Gasteiger partial charge in [-0.1, -0.05) is 12.1 Å². The van der Waals surface area contributed by atoms with Crippen LogP contribution in [0, 0.1) is 12.8 Å². The number of fused-ring (bicyclic) bond motifs is 1. The topological polar surface area (TPSA) is 81.7 Å². The van der Waals surface area contributed by atoms with Gasteiger partial charge in [-0.3, -0.25) is 4.99 Å². The summed E-state index contributed by atoms with van der Waals surface area (Å²) in [6, 6.07) is 6.33. The number of guanidine groups is 1. The highest BCUT2D eigenvalue weighted by molar-refractivity contribution is 14.0. The first-order chi connectivity index (χ1) is 13.2. The number of nitrogens with one attached hydrogen (secondary N) is 3. The Morgan fingerprint density at radius 3 is 2.93 bits per heavy atom. The molecule has 3 rings (SSSR count). The minimum Gasteiger partial charge on any atom is -0.389 e. The standard InChI is InChI=1S/C21H32N4O2.HI/c1-3-22-21(25-12-18(26)14-27-13-16-7-8-16)23-10-9-17-11-24-19-6-4-5-15(2)20(17)19;/h4-6,11,16,18,24,26H,3,7-10,12-14H2,1-2H3,(H2,22,23,25);1H. The number of aromatic nitrogens is 1. The molecule has 28 heavy (non-hydrogen) atoms. The molecule has 1 aliphatic carbocycles. The predicted molar refractivity (Wildman–Crippen MR) is 126 cm³/mol. The Hall–Kier alpha value is -1.32. The molecule has 1 heterocycles. The zero-order valence-electron chi connectivity index (χ0n) is 16.8. The second-order valence-corrected chi connectivity index (χ2v) is 7.34. The predicted octanol–water partition coefficient (Wildman–Crippen LogP) is 2.98. The van der Waals surface area contributed by atoms with Crippen molar-refractivity contribution in [3.8, 4) is 0 Å². The summed E-state index contributed by atoms with van der Waals surface area (Å²) >= 11 is 0. The molecule has 156 valence electrons. The quantitative estimate of drug-likeness (QED) is 0.230. The molecule has 4 N–H and O–H groups in total. The van der Waals surface area contributed by atoms with Crippen molar-refractivity contribution in [2.75, 3.05) is 32.8 Å². The van der Waals surface area contributed by atoms with Gasteiger partial charge in [-0.15, -0.1) is 24.0 Å². The molecular weight excluding hydrogens is 467 g/mol. The minimum atomic E-state index is -0.560. The van der Waals surface area contributed by atoms with Crippen LogP contribution in [0.4, 0.5) is 0 Å². The zero-order valence-corrected chi connectivity index (χ0v) is 19.2. The Morgan fingerprint density at radius 2 is 2.18 bits per heavy atom. The maximum absolute atomic E-state index is 10.0. The van der Waals surface area contributed by atoms with Gasteiger partial charge in [0.25, 0.3) is 0 Å². The molecule has 2 aromatic rings. The lowest BCUT2D eigenvalue weighted by molar-refractivity contribution is 0.0368. The highest BCUT2D eigenvalue weighted by Gasteiger charge is 2.21. The van der Waals surface area contributed by atoms with E-state index < -0.39 is 6.10 Å². The van der Waals surface area contributed by atoms with Crippen molar-refractivity contribution >= 4 is 40.8 Å². The van der Waals surface area contributed by atoms with Crippen LogP contribution in [0.15, 0.2) is 29.4 Å². The molecule has 7 heteroatoms. The lowest BCUT2D eigenvalue weighted by Gasteiger charge is -2.13. The summed E-state index contributed by atoms with van der Waals surface area (Å²) in [6.07, 6.45) is 4.96. The lowest BCUT2D eigenvalue weighted by Crippen LogP contribution is -2.39. The van der Waals surface area contributed by atoms with E-state index in [0.29, 0.717) is 19.1 Å². The van der Waals surface area contributed by atoms with Crippen LogP contribution in [0.2, 0.25) is 0 Å². The average molecular weight is 500 g/mol. The molecular formula is C21H33IN4O2. The molecule has 1 aliphatic rings. The Labute approximate surface area is 184 Å². The summed E-state index contributed by atoms with van der Waals surface area (Å²) in [5.74, 6) is 1.45. The van der Waals surface area contributed by atoms with Crippen molar-refractivity contribution < 1.29 is 9.84 Å². The van der Waals surface area contributed by atoms with Gasteiger partial charge in [-0.25, -0.2) is 0 Å². The third-order valence-electron chi connectivity index (χ3n) is 4.85. The van der Waals surface area contributed by atoms with Crippen LogP contribution in [0.25, 0.3) is 10.9 Å². The van der Waals surface area contributed by atoms with Gasteiger partial charge in [0.15, 0.2) is 5.96 Å². The number of hydrogen-bond acceptors (Lipinski definition) is 3. The van der Waals surface area contributed by atoms with E-state index in [-0.39, 0.29) is 24.0 Å². The van der Waals surface area contributed by atoms with Gasteiger partial charge in [0.05, 0.1) is 19.3 Å². The Morgan fingerprint density at radius 1 is 1.36 bits per heavy atom. The molecule has 0 saturated heterocycles. The second kappa shape index (κ2) is 11.6. The maximum atomic E-state index is 10.0. The number of ether oxygens (including phenoxy) is 1. The van der Waals surface area contributed by atoms with Gasteiger partial charge in [-0.2, -0.15) is 0 Å². The van der Waals surface area contributed by atoms with Crippen molar-refractivity contribution in [1.82, 2.24) is 15.6 Å². The van der Waals surface area contributed by atoms with Crippen LogP contribution in [0.3, 0.4) is 0 Å². The van der Waals surface area contributed by atoms with E-state index in [4.69, 9.17) is 4.74 Å². The van der Waals surface area contributed by atoms with E-state index in [1.54, 1.807) is 0 Å². The fraction of sp³-hybridized carbons (Fsp3) is 0.571. The molecule has 0 aliphatic heterocycles. The number of H-pyrrole nitrogens is 1. The summed E-state index contributed by atoms with van der Waals surface area (Å²) in [6.45, 7) is 7.21. The van der Waals surface area contributed by atoms with E-state index in [0.717, 1.165) is 32.1 Å².